The van der Waals surface area contributed by atoms with Crippen LogP contribution in [0.1, 0.15) is 59.4 Å². The standard InChI is InChI=1S/C25H34ClN5O3S/c1-16-13-22(26)29-18(3)23(16)25(33)27-9-5-17(2)31-10-6-20(7-11-31)30-24(19-8-12-35-15-19)21(32)14-28-34-4/h8,12-15,17,20,24,30H,5-7,9-11H2,1-4H3,(H,27,33)/b28-14+/t17-,24?/m1/s1. The molecule has 1 fully saturated rings. The lowest BCUT2D eigenvalue weighted by Gasteiger charge is -2.37. The smallest absolute Gasteiger partial charge is 0.253 e. The van der Waals surface area contributed by atoms with Gasteiger partial charge in [-0.25, -0.2) is 4.98 Å². The predicted octanol–water partition coefficient (Wildman–Crippen LogP) is 3.92. The number of thiophene rings is 1. The number of aryl methyl sites for hydroxylation is 2. The molecule has 2 aromatic rings. The van der Waals surface area contributed by atoms with Gasteiger partial charge in [-0.05, 0) is 87.1 Å². The molecule has 0 bridgehead atoms. The molecular formula is C25H34ClN5O3S. The molecule has 1 unspecified atom stereocenters. The number of carbonyl (C=O) groups excluding carboxylic acids is 2. The van der Waals surface area contributed by atoms with Crippen molar-refractivity contribution in [3.8, 4) is 0 Å². The third kappa shape index (κ3) is 7.57. The number of piperidine rings is 1. The molecule has 0 radical (unpaired) electrons. The van der Waals surface area contributed by atoms with E-state index in [0.717, 1.165) is 43.5 Å². The number of ketones is 1. The second-order valence-corrected chi connectivity index (χ2v) is 10.1. The Bertz CT molecular complexity index is 999. The number of aromatic nitrogens is 1. The van der Waals surface area contributed by atoms with Crippen molar-refractivity contribution in [2.45, 2.75) is 58.2 Å². The highest BCUT2D eigenvalue weighted by molar-refractivity contribution is 7.08. The van der Waals surface area contributed by atoms with Gasteiger partial charge in [0, 0.05) is 18.6 Å². The lowest BCUT2D eigenvalue weighted by Crippen LogP contribution is -2.48. The van der Waals surface area contributed by atoms with Crippen LogP contribution < -0.4 is 10.6 Å². The lowest BCUT2D eigenvalue weighted by atomic mass is 9.99. The summed E-state index contributed by atoms with van der Waals surface area (Å²) in [6.45, 7) is 8.32. The molecule has 3 rings (SSSR count). The molecular weight excluding hydrogens is 486 g/mol. The summed E-state index contributed by atoms with van der Waals surface area (Å²) in [6, 6.07) is 3.84. The van der Waals surface area contributed by atoms with Gasteiger partial charge in [0.15, 0.2) is 5.78 Å². The Balaban J connectivity index is 1.46. The summed E-state index contributed by atoms with van der Waals surface area (Å²) >= 11 is 7.55. The molecule has 190 valence electrons. The first kappa shape index (κ1) is 27.3. The Labute approximate surface area is 216 Å². The first-order valence-electron chi connectivity index (χ1n) is 11.8. The number of amides is 1. The van der Waals surface area contributed by atoms with Crippen molar-refractivity contribution in [2.75, 3.05) is 26.7 Å². The van der Waals surface area contributed by atoms with Gasteiger partial charge in [-0.2, -0.15) is 11.3 Å². The number of hydrogen-bond acceptors (Lipinski definition) is 8. The van der Waals surface area contributed by atoms with Gasteiger partial charge in [-0.3, -0.25) is 9.59 Å². The average Bonchev–Trinajstić information content (AvgIpc) is 3.35. The first-order valence-corrected chi connectivity index (χ1v) is 13.2. The molecule has 2 N–H and O–H groups in total. The van der Waals surface area contributed by atoms with E-state index in [1.165, 1.54) is 13.3 Å². The maximum Gasteiger partial charge on any atom is 0.253 e. The summed E-state index contributed by atoms with van der Waals surface area (Å²) < 4.78 is 0. The van der Waals surface area contributed by atoms with E-state index in [9.17, 15) is 9.59 Å². The van der Waals surface area contributed by atoms with E-state index in [1.54, 1.807) is 24.3 Å². The topological polar surface area (TPSA) is 95.9 Å². The number of likely N-dealkylation sites (tertiary alicyclic amines) is 1. The van der Waals surface area contributed by atoms with Crippen LogP contribution in [0.5, 0.6) is 0 Å². The Morgan fingerprint density at radius 1 is 1.37 bits per heavy atom. The lowest BCUT2D eigenvalue weighted by molar-refractivity contribution is -0.115. The summed E-state index contributed by atoms with van der Waals surface area (Å²) in [7, 11) is 1.43. The molecule has 0 aromatic carbocycles. The second-order valence-electron chi connectivity index (χ2n) is 8.90. The normalized spacial score (nSPS) is 16.8. The van der Waals surface area contributed by atoms with E-state index < -0.39 is 6.04 Å². The zero-order valence-electron chi connectivity index (χ0n) is 20.7. The molecule has 1 saturated heterocycles. The number of pyridine rings is 1. The number of nitrogens with zero attached hydrogens (tertiary/aromatic N) is 3. The quantitative estimate of drug-likeness (QED) is 0.265. The molecule has 0 spiro atoms. The molecule has 3 heterocycles. The van der Waals surface area contributed by atoms with Crippen LogP contribution in [0.4, 0.5) is 0 Å². The van der Waals surface area contributed by atoms with Gasteiger partial charge < -0.3 is 20.4 Å². The first-order chi connectivity index (χ1) is 16.8. The molecule has 10 heteroatoms. The number of Topliss-reactive ketones (excluding diaryl/α,β-unsaturated/α-hetero) is 1. The maximum absolute atomic E-state index is 12.7. The van der Waals surface area contributed by atoms with Crippen molar-refractivity contribution in [3.63, 3.8) is 0 Å². The van der Waals surface area contributed by atoms with E-state index in [0.29, 0.717) is 29.0 Å². The highest BCUT2D eigenvalue weighted by Gasteiger charge is 2.28. The van der Waals surface area contributed by atoms with Crippen LogP contribution in [-0.4, -0.2) is 66.6 Å². The van der Waals surface area contributed by atoms with Crippen LogP contribution in [-0.2, 0) is 9.63 Å². The average molecular weight is 520 g/mol. The monoisotopic (exact) mass is 519 g/mol. The van der Waals surface area contributed by atoms with Crippen LogP contribution in [0.25, 0.3) is 0 Å². The minimum absolute atomic E-state index is 0.111. The summed E-state index contributed by atoms with van der Waals surface area (Å²) in [4.78, 5) is 36.6. The number of rotatable bonds is 11. The van der Waals surface area contributed by atoms with Gasteiger partial charge in [-0.15, -0.1) is 0 Å². The zero-order valence-corrected chi connectivity index (χ0v) is 22.3. The predicted molar refractivity (Wildman–Crippen MR) is 140 cm³/mol. The van der Waals surface area contributed by atoms with Gasteiger partial charge >= 0.3 is 0 Å². The molecule has 1 aliphatic rings. The van der Waals surface area contributed by atoms with Crippen molar-refractivity contribution in [2.24, 2.45) is 5.16 Å². The largest absolute Gasteiger partial charge is 0.399 e. The zero-order chi connectivity index (χ0) is 25.4. The maximum atomic E-state index is 12.7. The van der Waals surface area contributed by atoms with Crippen molar-refractivity contribution < 1.29 is 14.4 Å². The Morgan fingerprint density at radius 2 is 2.11 bits per heavy atom. The molecule has 35 heavy (non-hydrogen) atoms. The van der Waals surface area contributed by atoms with Crippen molar-refractivity contribution in [1.82, 2.24) is 20.5 Å². The van der Waals surface area contributed by atoms with Crippen molar-refractivity contribution in [1.29, 1.82) is 0 Å². The fourth-order valence-corrected chi connectivity index (χ4v) is 5.47. The number of hydrogen-bond donors (Lipinski definition) is 2. The van der Waals surface area contributed by atoms with Crippen LogP contribution in [0.2, 0.25) is 5.15 Å². The van der Waals surface area contributed by atoms with Gasteiger partial charge in [0.1, 0.15) is 18.5 Å². The highest BCUT2D eigenvalue weighted by Crippen LogP contribution is 2.22. The minimum Gasteiger partial charge on any atom is -0.399 e. The summed E-state index contributed by atoms with van der Waals surface area (Å²) in [5, 5.41) is 14.6. The Morgan fingerprint density at radius 3 is 2.74 bits per heavy atom. The van der Waals surface area contributed by atoms with Gasteiger partial charge in [-0.1, -0.05) is 16.8 Å². The van der Waals surface area contributed by atoms with E-state index in [4.69, 9.17) is 11.6 Å². The molecule has 1 aliphatic heterocycles. The summed E-state index contributed by atoms with van der Waals surface area (Å²) in [5.41, 5.74) is 3.02. The van der Waals surface area contributed by atoms with Gasteiger partial charge in [0.2, 0.25) is 0 Å². The van der Waals surface area contributed by atoms with E-state index >= 15 is 0 Å². The molecule has 8 nitrogen and oxygen atoms in total. The molecule has 2 atom stereocenters. The molecule has 2 aromatic heterocycles. The molecule has 0 saturated carbocycles. The number of oxime groups is 1. The van der Waals surface area contributed by atoms with Gasteiger partial charge in [0.25, 0.3) is 5.91 Å². The number of halogens is 1. The fourth-order valence-electron chi connectivity index (χ4n) is 4.50. The van der Waals surface area contributed by atoms with Crippen LogP contribution in [0.15, 0.2) is 28.0 Å². The van der Waals surface area contributed by atoms with Crippen LogP contribution in [0, 0.1) is 13.8 Å². The molecule has 1 amide bonds. The number of carbonyl (C=O) groups is 2. The van der Waals surface area contributed by atoms with Gasteiger partial charge in [0.05, 0.1) is 17.3 Å². The third-order valence-electron chi connectivity index (χ3n) is 6.44. The van der Waals surface area contributed by atoms with Crippen molar-refractivity contribution in [3.05, 3.63) is 50.4 Å². The SMILES string of the molecule is CO/N=C/C(=O)C(NC1CCN([C@H](C)CCNC(=O)c2c(C)cc(Cl)nc2C)CC1)c1ccsc1. The Hall–Kier alpha value is -2.33. The fraction of sp³-hybridized carbons (Fsp3) is 0.520. The summed E-state index contributed by atoms with van der Waals surface area (Å²) in [6.07, 6.45) is 3.98. The van der Waals surface area contributed by atoms with Crippen LogP contribution >= 0.6 is 22.9 Å². The Kier molecular flexibility index (Phi) is 10.2. The second kappa shape index (κ2) is 13.1. The molecule has 0 aliphatic carbocycles. The van der Waals surface area contributed by atoms with Crippen LogP contribution in [0.3, 0.4) is 0 Å². The summed E-state index contributed by atoms with van der Waals surface area (Å²) in [5.74, 6) is -0.224. The van der Waals surface area contributed by atoms with Crippen molar-refractivity contribution >= 4 is 40.8 Å². The number of nitrogens with one attached hydrogen (secondary N) is 2. The third-order valence-corrected chi connectivity index (χ3v) is 7.34. The van der Waals surface area contributed by atoms with E-state index in [2.05, 4.69) is 37.4 Å². The minimum atomic E-state index is -0.418. The highest BCUT2D eigenvalue weighted by atomic mass is 35.5. The van der Waals surface area contributed by atoms with E-state index in [1.807, 2.05) is 23.8 Å². The van der Waals surface area contributed by atoms with E-state index in [-0.39, 0.29) is 17.7 Å².